The first-order chi connectivity index (χ1) is 14.8. The van der Waals surface area contributed by atoms with Crippen molar-refractivity contribution in [3.05, 3.63) is 42.4 Å². The molecule has 0 aliphatic carbocycles. The van der Waals surface area contributed by atoms with Crippen molar-refractivity contribution < 1.29 is 18.6 Å². The van der Waals surface area contributed by atoms with Gasteiger partial charge in [0.1, 0.15) is 5.76 Å². The van der Waals surface area contributed by atoms with Gasteiger partial charge in [0.05, 0.1) is 33.7 Å². The molecule has 9 heteroatoms. The summed E-state index contributed by atoms with van der Waals surface area (Å²) in [6.45, 7) is 6.14. The van der Waals surface area contributed by atoms with Crippen molar-refractivity contribution >= 4 is 35.6 Å². The summed E-state index contributed by atoms with van der Waals surface area (Å²) < 4.78 is 21.5. The molecular formula is C22H33IN4O4. The van der Waals surface area contributed by atoms with Crippen molar-refractivity contribution in [1.82, 2.24) is 10.2 Å². The second-order valence-corrected chi connectivity index (χ2v) is 6.99. The lowest BCUT2D eigenvalue weighted by molar-refractivity contribution is 0.0377. The van der Waals surface area contributed by atoms with Crippen LogP contribution in [0.15, 0.2) is 46.0 Å². The highest BCUT2D eigenvalue weighted by Crippen LogP contribution is 2.29. The maximum atomic E-state index is 5.41. The van der Waals surface area contributed by atoms with Crippen LogP contribution in [0.1, 0.15) is 12.2 Å². The van der Waals surface area contributed by atoms with Gasteiger partial charge in [-0.3, -0.25) is 9.89 Å². The number of hydrogen-bond acceptors (Lipinski definition) is 6. The van der Waals surface area contributed by atoms with Crippen LogP contribution in [0.2, 0.25) is 0 Å². The zero-order valence-electron chi connectivity index (χ0n) is 18.3. The molecule has 0 amide bonds. The first-order valence-corrected chi connectivity index (χ1v) is 10.4. The summed E-state index contributed by atoms with van der Waals surface area (Å²) in [4.78, 5) is 7.18. The third kappa shape index (κ3) is 8.58. The molecule has 0 atom stereocenters. The van der Waals surface area contributed by atoms with E-state index in [1.54, 1.807) is 20.5 Å². The number of nitrogens with zero attached hydrogens (tertiary/aromatic N) is 2. The van der Waals surface area contributed by atoms with E-state index in [0.29, 0.717) is 11.5 Å². The zero-order chi connectivity index (χ0) is 21.0. The maximum Gasteiger partial charge on any atom is 0.195 e. The summed E-state index contributed by atoms with van der Waals surface area (Å²) in [5, 5.41) is 6.75. The Hall–Kier alpha value is -1.98. The molecule has 1 saturated heterocycles. The van der Waals surface area contributed by atoms with Gasteiger partial charge in [0.2, 0.25) is 0 Å². The number of halogens is 1. The molecule has 3 rings (SSSR count). The van der Waals surface area contributed by atoms with E-state index in [0.717, 1.165) is 76.2 Å². The molecule has 1 aliphatic rings. The van der Waals surface area contributed by atoms with Crippen molar-refractivity contribution in [2.45, 2.75) is 12.8 Å². The van der Waals surface area contributed by atoms with E-state index in [-0.39, 0.29) is 24.0 Å². The highest BCUT2D eigenvalue weighted by molar-refractivity contribution is 14.0. The second-order valence-electron chi connectivity index (χ2n) is 6.99. The maximum absolute atomic E-state index is 5.41. The number of furan rings is 1. The smallest absolute Gasteiger partial charge is 0.195 e. The van der Waals surface area contributed by atoms with E-state index in [4.69, 9.17) is 23.6 Å². The highest BCUT2D eigenvalue weighted by atomic mass is 127. The van der Waals surface area contributed by atoms with E-state index >= 15 is 0 Å². The van der Waals surface area contributed by atoms with Crippen LogP contribution in [0.5, 0.6) is 11.5 Å². The van der Waals surface area contributed by atoms with Crippen molar-refractivity contribution in [3.63, 3.8) is 0 Å². The van der Waals surface area contributed by atoms with Crippen LogP contribution in [-0.4, -0.2) is 71.0 Å². The molecule has 1 fully saturated rings. The summed E-state index contributed by atoms with van der Waals surface area (Å²) >= 11 is 0. The quantitative estimate of drug-likeness (QED) is 0.206. The van der Waals surface area contributed by atoms with E-state index in [1.807, 2.05) is 30.3 Å². The lowest BCUT2D eigenvalue weighted by atomic mass is 10.2. The Labute approximate surface area is 201 Å². The number of methoxy groups -OCH3 is 2. The Morgan fingerprint density at radius 1 is 1.13 bits per heavy atom. The minimum atomic E-state index is 0. The monoisotopic (exact) mass is 544 g/mol. The largest absolute Gasteiger partial charge is 0.493 e. The fourth-order valence-corrected chi connectivity index (χ4v) is 3.26. The van der Waals surface area contributed by atoms with Gasteiger partial charge in [0.15, 0.2) is 17.5 Å². The van der Waals surface area contributed by atoms with Crippen molar-refractivity contribution in [1.29, 1.82) is 0 Å². The van der Waals surface area contributed by atoms with Gasteiger partial charge in [0.25, 0.3) is 0 Å². The van der Waals surface area contributed by atoms with Gasteiger partial charge in [-0.25, -0.2) is 0 Å². The molecule has 2 heterocycles. The first-order valence-electron chi connectivity index (χ1n) is 10.4. The van der Waals surface area contributed by atoms with Crippen LogP contribution < -0.4 is 20.1 Å². The fraction of sp³-hybridized carbons (Fsp3) is 0.500. The van der Waals surface area contributed by atoms with Gasteiger partial charge < -0.3 is 29.3 Å². The van der Waals surface area contributed by atoms with Crippen LogP contribution in [-0.2, 0) is 11.2 Å². The fourth-order valence-electron chi connectivity index (χ4n) is 3.26. The molecule has 0 radical (unpaired) electrons. The van der Waals surface area contributed by atoms with Gasteiger partial charge in [-0.1, -0.05) is 0 Å². The molecule has 1 aromatic heterocycles. The Balaban J connectivity index is 0.00000341. The van der Waals surface area contributed by atoms with Crippen LogP contribution in [0.3, 0.4) is 0 Å². The van der Waals surface area contributed by atoms with Gasteiger partial charge in [0, 0.05) is 50.9 Å². The topological polar surface area (TPSA) is 80.5 Å². The molecule has 2 aromatic rings. The van der Waals surface area contributed by atoms with E-state index in [9.17, 15) is 0 Å². The van der Waals surface area contributed by atoms with Gasteiger partial charge in [-0.05, 0) is 30.7 Å². The number of nitrogens with one attached hydrogen (secondary N) is 2. The van der Waals surface area contributed by atoms with E-state index < -0.39 is 0 Å². The van der Waals surface area contributed by atoms with Crippen LogP contribution >= 0.6 is 24.0 Å². The summed E-state index contributed by atoms with van der Waals surface area (Å²) in [7, 11) is 3.26. The molecule has 2 N–H and O–H groups in total. The minimum Gasteiger partial charge on any atom is -0.493 e. The molecule has 31 heavy (non-hydrogen) atoms. The first kappa shape index (κ1) is 25.3. The second kappa shape index (κ2) is 14.2. The average Bonchev–Trinajstić information content (AvgIpc) is 3.30. The van der Waals surface area contributed by atoms with Crippen LogP contribution in [0.4, 0.5) is 5.69 Å². The van der Waals surface area contributed by atoms with Crippen molar-refractivity contribution in [2.24, 2.45) is 4.99 Å². The van der Waals surface area contributed by atoms with Crippen LogP contribution in [0, 0.1) is 0 Å². The van der Waals surface area contributed by atoms with Gasteiger partial charge >= 0.3 is 0 Å². The number of anilines is 1. The molecule has 0 spiro atoms. The van der Waals surface area contributed by atoms with Crippen molar-refractivity contribution in [3.8, 4) is 11.5 Å². The summed E-state index contributed by atoms with van der Waals surface area (Å²) in [5.74, 6) is 3.04. The Morgan fingerprint density at radius 2 is 1.94 bits per heavy atom. The number of hydrogen-bond donors (Lipinski definition) is 2. The van der Waals surface area contributed by atoms with Gasteiger partial charge in [-0.15, -0.1) is 24.0 Å². The molecule has 0 saturated carbocycles. The average molecular weight is 544 g/mol. The molecule has 1 aliphatic heterocycles. The summed E-state index contributed by atoms with van der Waals surface area (Å²) in [5.41, 5.74) is 0.880. The number of guanidine groups is 1. The Kier molecular flexibility index (Phi) is 11.5. The molecule has 0 unspecified atom stereocenters. The molecular weight excluding hydrogens is 511 g/mol. The number of aliphatic imine (C=N–C) groups is 1. The summed E-state index contributed by atoms with van der Waals surface area (Å²) in [6.07, 6.45) is 3.47. The molecule has 0 bridgehead atoms. The van der Waals surface area contributed by atoms with E-state index in [2.05, 4.69) is 15.5 Å². The molecule has 8 nitrogen and oxygen atoms in total. The number of rotatable bonds is 10. The third-order valence-electron chi connectivity index (χ3n) is 4.90. The number of ether oxygens (including phenoxy) is 3. The Morgan fingerprint density at radius 3 is 2.65 bits per heavy atom. The number of benzene rings is 1. The third-order valence-corrected chi connectivity index (χ3v) is 4.90. The van der Waals surface area contributed by atoms with Crippen molar-refractivity contribution in [2.75, 3.05) is 65.5 Å². The normalized spacial score (nSPS) is 14.6. The summed E-state index contributed by atoms with van der Waals surface area (Å²) in [6, 6.07) is 9.59. The predicted molar refractivity (Wildman–Crippen MR) is 133 cm³/mol. The number of morpholine rings is 1. The van der Waals surface area contributed by atoms with Crippen LogP contribution in [0.25, 0.3) is 0 Å². The lowest BCUT2D eigenvalue weighted by Gasteiger charge is -2.26. The predicted octanol–water partition coefficient (Wildman–Crippen LogP) is 3.24. The molecule has 172 valence electrons. The standard InChI is InChI=1S/C22H32N4O4.HI/c1-27-20-7-6-18(17-21(20)28-2)25-22(24-10-8-19-5-3-14-30-19)23-9-4-11-26-12-15-29-16-13-26;/h3,5-7,14,17H,4,8-13,15-16H2,1-2H3,(H2,23,24,25);1H. The van der Waals surface area contributed by atoms with E-state index in [1.165, 1.54) is 0 Å². The highest BCUT2D eigenvalue weighted by Gasteiger charge is 2.10. The minimum absolute atomic E-state index is 0. The SMILES string of the molecule is COc1ccc(NC(=NCCCN2CCOCC2)NCCc2ccco2)cc1OC.I. The Bertz CT molecular complexity index is 780. The van der Waals surface area contributed by atoms with Gasteiger partial charge in [-0.2, -0.15) is 0 Å². The molecule has 1 aromatic carbocycles. The zero-order valence-corrected chi connectivity index (χ0v) is 20.6. The lowest BCUT2D eigenvalue weighted by Crippen LogP contribution is -2.37.